The van der Waals surface area contributed by atoms with Crippen LogP contribution < -0.4 is 16.4 Å². The number of aromatic nitrogens is 2. The van der Waals surface area contributed by atoms with E-state index in [4.69, 9.17) is 5.73 Å². The molecular formula is C17H22FN5. The summed E-state index contributed by atoms with van der Waals surface area (Å²) in [6.45, 7) is 0.532. The normalized spacial score (nSPS) is 15.3. The van der Waals surface area contributed by atoms with Crippen LogP contribution in [0.4, 0.5) is 21.7 Å². The Labute approximate surface area is 135 Å². The van der Waals surface area contributed by atoms with Crippen molar-refractivity contribution in [1.29, 1.82) is 0 Å². The average Bonchev–Trinajstić information content (AvgIpc) is 2.58. The smallest absolute Gasteiger partial charge is 0.155 e. The van der Waals surface area contributed by atoms with Crippen molar-refractivity contribution in [2.24, 2.45) is 0 Å². The van der Waals surface area contributed by atoms with E-state index in [0.717, 1.165) is 18.4 Å². The van der Waals surface area contributed by atoms with E-state index >= 15 is 0 Å². The number of hydrogen-bond acceptors (Lipinski definition) is 5. The van der Waals surface area contributed by atoms with Gasteiger partial charge in [0.15, 0.2) is 11.6 Å². The maximum Gasteiger partial charge on any atom is 0.155 e. The molecule has 2 aromatic rings. The molecule has 1 fully saturated rings. The van der Waals surface area contributed by atoms with Crippen LogP contribution in [0.15, 0.2) is 30.6 Å². The fraction of sp³-hybridized carbons (Fsp3) is 0.412. The molecule has 1 saturated carbocycles. The van der Waals surface area contributed by atoms with Crippen LogP contribution in [-0.2, 0) is 6.54 Å². The van der Waals surface area contributed by atoms with Gasteiger partial charge in [0.2, 0.25) is 0 Å². The molecule has 0 radical (unpaired) electrons. The number of rotatable bonds is 5. The second-order valence-electron chi connectivity index (χ2n) is 5.94. The average molecular weight is 315 g/mol. The lowest BCUT2D eigenvalue weighted by molar-refractivity contribution is 0.462. The van der Waals surface area contributed by atoms with Gasteiger partial charge in [0.1, 0.15) is 17.8 Å². The van der Waals surface area contributed by atoms with E-state index in [-0.39, 0.29) is 5.82 Å². The SMILES string of the molecule is Nc1c(NCc2ccc(F)cc2)ncnc1NC1CCCCC1. The number of nitrogens with one attached hydrogen (secondary N) is 2. The second-order valence-corrected chi connectivity index (χ2v) is 5.94. The molecule has 0 aliphatic heterocycles. The van der Waals surface area contributed by atoms with Crippen molar-refractivity contribution in [2.75, 3.05) is 16.4 Å². The molecule has 6 heteroatoms. The Morgan fingerprint density at radius 3 is 2.48 bits per heavy atom. The van der Waals surface area contributed by atoms with Crippen LogP contribution in [0.2, 0.25) is 0 Å². The second kappa shape index (κ2) is 7.26. The minimum absolute atomic E-state index is 0.241. The third-order valence-corrected chi connectivity index (χ3v) is 4.20. The summed E-state index contributed by atoms with van der Waals surface area (Å²) in [5.74, 6) is 1.05. The number of hydrogen-bond donors (Lipinski definition) is 3. The van der Waals surface area contributed by atoms with Crippen LogP contribution >= 0.6 is 0 Å². The number of halogens is 1. The number of nitrogens with two attached hydrogens (primary N) is 1. The van der Waals surface area contributed by atoms with Crippen LogP contribution in [0.3, 0.4) is 0 Å². The number of nitrogens with zero attached hydrogens (tertiary/aromatic N) is 2. The molecule has 5 nitrogen and oxygen atoms in total. The maximum absolute atomic E-state index is 12.9. The van der Waals surface area contributed by atoms with Gasteiger partial charge < -0.3 is 16.4 Å². The highest BCUT2D eigenvalue weighted by Crippen LogP contribution is 2.27. The van der Waals surface area contributed by atoms with Gasteiger partial charge in [-0.1, -0.05) is 31.4 Å². The van der Waals surface area contributed by atoms with Gasteiger partial charge in [-0.2, -0.15) is 0 Å². The van der Waals surface area contributed by atoms with Gasteiger partial charge in [0, 0.05) is 12.6 Å². The Hall–Kier alpha value is -2.37. The molecule has 0 bridgehead atoms. The zero-order chi connectivity index (χ0) is 16.1. The molecule has 1 aliphatic rings. The molecule has 0 amide bonds. The van der Waals surface area contributed by atoms with E-state index in [1.807, 2.05) is 0 Å². The maximum atomic E-state index is 12.9. The number of nitrogen functional groups attached to an aromatic ring is 1. The third kappa shape index (κ3) is 4.09. The summed E-state index contributed by atoms with van der Waals surface area (Å²) in [6.07, 6.45) is 7.62. The predicted octanol–water partition coefficient (Wildman–Crippen LogP) is 3.55. The lowest BCUT2D eigenvalue weighted by Gasteiger charge is -2.24. The summed E-state index contributed by atoms with van der Waals surface area (Å²) in [6, 6.07) is 6.79. The van der Waals surface area contributed by atoms with Crippen LogP contribution in [0, 0.1) is 5.82 Å². The Morgan fingerprint density at radius 2 is 1.74 bits per heavy atom. The lowest BCUT2D eigenvalue weighted by Crippen LogP contribution is -2.23. The van der Waals surface area contributed by atoms with E-state index in [9.17, 15) is 4.39 Å². The van der Waals surface area contributed by atoms with Gasteiger partial charge in [-0.05, 0) is 30.5 Å². The minimum atomic E-state index is -0.241. The summed E-state index contributed by atoms with van der Waals surface area (Å²) >= 11 is 0. The molecular weight excluding hydrogens is 293 g/mol. The minimum Gasteiger partial charge on any atom is -0.393 e. The molecule has 3 rings (SSSR count). The molecule has 1 aromatic carbocycles. The van der Waals surface area contributed by atoms with Gasteiger partial charge in [0.05, 0.1) is 0 Å². The van der Waals surface area contributed by atoms with Crippen LogP contribution in [0.1, 0.15) is 37.7 Å². The Bertz CT molecular complexity index is 638. The fourth-order valence-corrected chi connectivity index (χ4v) is 2.88. The fourth-order valence-electron chi connectivity index (χ4n) is 2.88. The predicted molar refractivity (Wildman–Crippen MR) is 90.7 cm³/mol. The van der Waals surface area contributed by atoms with E-state index in [1.54, 1.807) is 12.1 Å². The topological polar surface area (TPSA) is 75.9 Å². The van der Waals surface area contributed by atoms with Gasteiger partial charge in [0.25, 0.3) is 0 Å². The van der Waals surface area contributed by atoms with Crippen molar-refractivity contribution < 1.29 is 4.39 Å². The molecule has 0 unspecified atom stereocenters. The monoisotopic (exact) mass is 315 g/mol. The van der Waals surface area contributed by atoms with Crippen LogP contribution in [0.25, 0.3) is 0 Å². The Morgan fingerprint density at radius 1 is 1.04 bits per heavy atom. The highest BCUT2D eigenvalue weighted by atomic mass is 19.1. The highest BCUT2D eigenvalue weighted by Gasteiger charge is 2.16. The number of anilines is 3. The van der Waals surface area contributed by atoms with E-state index < -0.39 is 0 Å². The summed E-state index contributed by atoms with van der Waals surface area (Å²) < 4.78 is 12.9. The highest BCUT2D eigenvalue weighted by molar-refractivity contribution is 5.74. The molecule has 0 atom stereocenters. The molecule has 1 heterocycles. The zero-order valence-corrected chi connectivity index (χ0v) is 13.1. The van der Waals surface area contributed by atoms with Crippen molar-refractivity contribution in [3.8, 4) is 0 Å². The van der Waals surface area contributed by atoms with E-state index in [1.165, 1.54) is 37.7 Å². The largest absolute Gasteiger partial charge is 0.393 e. The zero-order valence-electron chi connectivity index (χ0n) is 13.1. The standard InChI is InChI=1S/C17H22FN5/c18-13-8-6-12(7-9-13)10-20-16-15(19)17(22-11-21-16)23-14-4-2-1-3-5-14/h6-9,11,14H,1-5,10,19H2,(H2,20,21,22,23). The third-order valence-electron chi connectivity index (χ3n) is 4.20. The molecule has 122 valence electrons. The van der Waals surface area contributed by atoms with E-state index in [0.29, 0.717) is 29.9 Å². The van der Waals surface area contributed by atoms with E-state index in [2.05, 4.69) is 20.6 Å². The molecule has 1 aromatic heterocycles. The lowest BCUT2D eigenvalue weighted by atomic mass is 9.95. The number of benzene rings is 1. The Balaban J connectivity index is 1.65. The molecule has 23 heavy (non-hydrogen) atoms. The van der Waals surface area contributed by atoms with Crippen molar-refractivity contribution in [2.45, 2.75) is 44.7 Å². The Kier molecular flexibility index (Phi) is 4.90. The van der Waals surface area contributed by atoms with Crippen LogP contribution in [-0.4, -0.2) is 16.0 Å². The van der Waals surface area contributed by atoms with Crippen molar-refractivity contribution in [3.05, 3.63) is 42.0 Å². The van der Waals surface area contributed by atoms with Crippen molar-refractivity contribution in [1.82, 2.24) is 9.97 Å². The summed E-state index contributed by atoms with van der Waals surface area (Å²) in [4.78, 5) is 8.47. The van der Waals surface area contributed by atoms with Gasteiger partial charge in [-0.3, -0.25) is 0 Å². The first-order valence-electron chi connectivity index (χ1n) is 8.07. The van der Waals surface area contributed by atoms with Gasteiger partial charge in [-0.15, -0.1) is 0 Å². The molecule has 0 spiro atoms. The molecule has 0 saturated heterocycles. The van der Waals surface area contributed by atoms with Crippen molar-refractivity contribution in [3.63, 3.8) is 0 Å². The first kappa shape index (κ1) is 15.5. The quantitative estimate of drug-likeness (QED) is 0.786. The first-order chi connectivity index (χ1) is 11.2. The van der Waals surface area contributed by atoms with Crippen molar-refractivity contribution >= 4 is 17.3 Å². The van der Waals surface area contributed by atoms with Gasteiger partial charge in [-0.25, -0.2) is 14.4 Å². The van der Waals surface area contributed by atoms with Gasteiger partial charge >= 0.3 is 0 Å². The summed E-state index contributed by atoms with van der Waals surface area (Å²) in [7, 11) is 0. The molecule has 1 aliphatic carbocycles. The first-order valence-corrected chi connectivity index (χ1v) is 8.07. The summed E-state index contributed by atoms with van der Waals surface area (Å²) in [5.41, 5.74) is 7.67. The van der Waals surface area contributed by atoms with Crippen LogP contribution in [0.5, 0.6) is 0 Å². The molecule has 4 N–H and O–H groups in total. The summed E-state index contributed by atoms with van der Waals surface area (Å²) in [5, 5.41) is 6.62.